The van der Waals surface area contributed by atoms with Crippen molar-refractivity contribution in [2.24, 2.45) is 0 Å². The highest BCUT2D eigenvalue weighted by Crippen LogP contribution is 2.31. The standard InChI is InChI=1S/C26H25FN4O3S/c1-17(32)31(23-6-4-3-5-22(23)27)26-29-21(16-35-26)13-14-24(33)30(2)15-18-7-9-19(10-8-18)25(34)28-20-11-12-20/h3-10,13-14,16,20H,11-12,15H2,1-2H3,(H,28,34)/b14-13+. The predicted octanol–water partition coefficient (Wildman–Crippen LogP) is 4.53. The summed E-state index contributed by atoms with van der Waals surface area (Å²) in [7, 11) is 1.68. The first-order chi connectivity index (χ1) is 16.8. The number of benzene rings is 2. The van der Waals surface area contributed by atoms with Gasteiger partial charge >= 0.3 is 0 Å². The molecule has 1 N–H and O–H groups in total. The van der Waals surface area contributed by atoms with Crippen LogP contribution in [0, 0.1) is 5.82 Å². The number of thiazole rings is 1. The molecule has 0 radical (unpaired) electrons. The van der Waals surface area contributed by atoms with Gasteiger partial charge in [0.1, 0.15) is 5.82 Å². The van der Waals surface area contributed by atoms with Crippen molar-refractivity contribution < 1.29 is 18.8 Å². The lowest BCUT2D eigenvalue weighted by Gasteiger charge is -2.18. The Labute approximate surface area is 206 Å². The Balaban J connectivity index is 1.37. The molecule has 1 aromatic heterocycles. The van der Waals surface area contributed by atoms with Crippen LogP contribution in [0.3, 0.4) is 0 Å². The van der Waals surface area contributed by atoms with Crippen molar-refractivity contribution in [2.45, 2.75) is 32.4 Å². The van der Waals surface area contributed by atoms with E-state index in [0.717, 1.165) is 18.4 Å². The first-order valence-electron chi connectivity index (χ1n) is 11.2. The fourth-order valence-electron chi connectivity index (χ4n) is 3.39. The minimum atomic E-state index is -0.525. The van der Waals surface area contributed by atoms with Crippen molar-refractivity contribution in [2.75, 3.05) is 11.9 Å². The Kier molecular flexibility index (Phi) is 7.36. The third-order valence-corrected chi connectivity index (χ3v) is 6.27. The molecule has 1 saturated carbocycles. The van der Waals surface area contributed by atoms with Crippen molar-refractivity contribution in [3.8, 4) is 0 Å². The number of hydrogen-bond acceptors (Lipinski definition) is 5. The number of rotatable bonds is 8. The Morgan fingerprint density at radius 2 is 1.86 bits per heavy atom. The summed E-state index contributed by atoms with van der Waals surface area (Å²) < 4.78 is 14.2. The van der Waals surface area contributed by atoms with E-state index in [1.165, 1.54) is 41.4 Å². The van der Waals surface area contributed by atoms with Crippen LogP contribution < -0.4 is 10.2 Å². The molecular formula is C26H25FN4O3S. The molecule has 1 aliphatic carbocycles. The highest BCUT2D eigenvalue weighted by molar-refractivity contribution is 7.14. The van der Waals surface area contributed by atoms with Crippen LogP contribution in [-0.2, 0) is 16.1 Å². The van der Waals surface area contributed by atoms with Gasteiger partial charge in [-0.1, -0.05) is 24.3 Å². The number of nitrogens with zero attached hydrogens (tertiary/aromatic N) is 3. The quantitative estimate of drug-likeness (QED) is 0.469. The SMILES string of the molecule is CC(=O)N(c1nc(/C=C/C(=O)N(C)Cc2ccc(C(=O)NC3CC3)cc2)cs1)c1ccccc1F. The van der Waals surface area contributed by atoms with Crippen LogP contribution in [0.15, 0.2) is 60.0 Å². The van der Waals surface area contributed by atoms with Gasteiger partial charge in [0.2, 0.25) is 11.8 Å². The molecular weight excluding hydrogens is 467 g/mol. The number of para-hydroxylation sites is 1. The molecule has 0 aliphatic heterocycles. The normalized spacial score (nSPS) is 13.0. The lowest BCUT2D eigenvalue weighted by molar-refractivity contribution is -0.125. The average molecular weight is 493 g/mol. The van der Waals surface area contributed by atoms with Gasteiger partial charge in [0, 0.05) is 43.6 Å². The molecule has 3 aromatic rings. The van der Waals surface area contributed by atoms with Gasteiger partial charge < -0.3 is 10.2 Å². The summed E-state index contributed by atoms with van der Waals surface area (Å²) in [6, 6.07) is 13.5. The van der Waals surface area contributed by atoms with Crippen LogP contribution in [0.5, 0.6) is 0 Å². The average Bonchev–Trinajstić information content (AvgIpc) is 3.53. The third kappa shape index (κ3) is 6.19. The number of carbonyl (C=O) groups excluding carboxylic acids is 3. The van der Waals surface area contributed by atoms with Crippen LogP contribution in [0.4, 0.5) is 15.2 Å². The van der Waals surface area contributed by atoms with Gasteiger partial charge in [0.05, 0.1) is 11.4 Å². The summed E-state index contributed by atoms with van der Waals surface area (Å²) in [5.41, 5.74) is 2.11. The van der Waals surface area contributed by atoms with E-state index in [-0.39, 0.29) is 23.4 Å². The molecule has 0 spiro atoms. The molecule has 1 heterocycles. The van der Waals surface area contributed by atoms with E-state index in [0.29, 0.717) is 29.0 Å². The van der Waals surface area contributed by atoms with E-state index in [2.05, 4.69) is 10.3 Å². The van der Waals surface area contributed by atoms with E-state index in [1.54, 1.807) is 47.7 Å². The van der Waals surface area contributed by atoms with Crippen LogP contribution in [-0.4, -0.2) is 40.7 Å². The monoisotopic (exact) mass is 492 g/mol. The Bertz CT molecular complexity index is 1270. The van der Waals surface area contributed by atoms with E-state index < -0.39 is 5.82 Å². The third-order valence-electron chi connectivity index (χ3n) is 5.43. The second-order valence-corrected chi connectivity index (χ2v) is 9.17. The molecule has 9 heteroatoms. The molecule has 4 rings (SSSR count). The molecule has 0 saturated heterocycles. The number of hydrogen-bond donors (Lipinski definition) is 1. The molecule has 7 nitrogen and oxygen atoms in total. The van der Waals surface area contributed by atoms with Gasteiger partial charge in [-0.25, -0.2) is 9.37 Å². The zero-order valence-electron chi connectivity index (χ0n) is 19.4. The number of nitrogens with one attached hydrogen (secondary N) is 1. The predicted molar refractivity (Wildman–Crippen MR) is 134 cm³/mol. The van der Waals surface area contributed by atoms with Crippen molar-refractivity contribution >= 4 is 46.0 Å². The van der Waals surface area contributed by atoms with Gasteiger partial charge in [0.25, 0.3) is 5.91 Å². The van der Waals surface area contributed by atoms with Crippen molar-refractivity contribution in [1.82, 2.24) is 15.2 Å². The highest BCUT2D eigenvalue weighted by atomic mass is 32.1. The summed E-state index contributed by atoms with van der Waals surface area (Å²) in [5, 5.41) is 4.96. The number of halogens is 1. The lowest BCUT2D eigenvalue weighted by Crippen LogP contribution is -2.26. The van der Waals surface area contributed by atoms with Crippen molar-refractivity contribution in [1.29, 1.82) is 0 Å². The fraction of sp³-hybridized carbons (Fsp3) is 0.231. The fourth-order valence-corrected chi connectivity index (χ4v) is 4.24. The number of likely N-dealkylation sites (N-methyl/N-ethyl adjacent to an activating group) is 1. The van der Waals surface area contributed by atoms with Crippen LogP contribution in [0.1, 0.15) is 41.4 Å². The Morgan fingerprint density at radius 3 is 2.51 bits per heavy atom. The van der Waals surface area contributed by atoms with E-state index >= 15 is 0 Å². The summed E-state index contributed by atoms with van der Waals surface area (Å²) in [5.74, 6) is -1.20. The molecule has 0 unspecified atom stereocenters. The molecule has 0 bridgehead atoms. The van der Waals surface area contributed by atoms with Crippen LogP contribution >= 0.6 is 11.3 Å². The van der Waals surface area contributed by atoms with Gasteiger partial charge in [-0.3, -0.25) is 19.3 Å². The van der Waals surface area contributed by atoms with Crippen LogP contribution in [0.2, 0.25) is 0 Å². The number of carbonyl (C=O) groups is 3. The minimum Gasteiger partial charge on any atom is -0.349 e. The smallest absolute Gasteiger partial charge is 0.251 e. The van der Waals surface area contributed by atoms with Crippen LogP contribution in [0.25, 0.3) is 6.08 Å². The second-order valence-electron chi connectivity index (χ2n) is 8.33. The van der Waals surface area contributed by atoms with E-state index in [9.17, 15) is 18.8 Å². The molecule has 0 atom stereocenters. The van der Waals surface area contributed by atoms with E-state index in [4.69, 9.17) is 0 Å². The first-order valence-corrected chi connectivity index (χ1v) is 12.0. The number of amides is 3. The molecule has 3 amide bonds. The highest BCUT2D eigenvalue weighted by Gasteiger charge is 2.24. The van der Waals surface area contributed by atoms with Crippen molar-refractivity contribution in [3.63, 3.8) is 0 Å². The van der Waals surface area contributed by atoms with Crippen molar-refractivity contribution in [3.05, 3.63) is 82.6 Å². The second kappa shape index (κ2) is 10.6. The Morgan fingerprint density at radius 1 is 1.14 bits per heavy atom. The lowest BCUT2D eigenvalue weighted by atomic mass is 10.1. The van der Waals surface area contributed by atoms with Gasteiger partial charge in [0.15, 0.2) is 5.13 Å². The summed E-state index contributed by atoms with van der Waals surface area (Å²) in [4.78, 5) is 44.0. The Hall–Kier alpha value is -3.85. The summed E-state index contributed by atoms with van der Waals surface area (Å²) >= 11 is 1.18. The number of anilines is 2. The maximum absolute atomic E-state index is 14.2. The number of aromatic nitrogens is 1. The largest absolute Gasteiger partial charge is 0.349 e. The minimum absolute atomic E-state index is 0.0765. The maximum Gasteiger partial charge on any atom is 0.251 e. The maximum atomic E-state index is 14.2. The van der Waals surface area contributed by atoms with E-state index in [1.807, 2.05) is 12.1 Å². The zero-order valence-corrected chi connectivity index (χ0v) is 20.2. The molecule has 2 aromatic carbocycles. The molecule has 1 aliphatic rings. The molecule has 1 fully saturated rings. The van der Waals surface area contributed by atoms with Gasteiger partial charge in [-0.05, 0) is 48.7 Å². The first kappa shape index (κ1) is 24.3. The molecule has 180 valence electrons. The van der Waals surface area contributed by atoms with Gasteiger partial charge in [-0.2, -0.15) is 0 Å². The topological polar surface area (TPSA) is 82.6 Å². The molecule has 35 heavy (non-hydrogen) atoms. The summed E-state index contributed by atoms with van der Waals surface area (Å²) in [6.45, 7) is 1.72. The van der Waals surface area contributed by atoms with Gasteiger partial charge in [-0.15, -0.1) is 11.3 Å². The summed E-state index contributed by atoms with van der Waals surface area (Å²) in [6.07, 6.45) is 5.03. The zero-order chi connectivity index (χ0) is 24.9.